The first-order valence-electron chi connectivity index (χ1n) is 13.2. The quantitative estimate of drug-likeness (QED) is 0.205. The number of carbonyl (C=O) groups is 3. The largest absolute Gasteiger partial charge is 0.354 e. The normalized spacial score (nSPS) is 11.7. The van der Waals surface area contributed by atoms with Crippen molar-refractivity contribution < 1.29 is 14.4 Å². The van der Waals surface area contributed by atoms with Gasteiger partial charge in [0.15, 0.2) is 0 Å². The van der Waals surface area contributed by atoms with Gasteiger partial charge in [-0.05, 0) is 73.7 Å². The van der Waals surface area contributed by atoms with Crippen molar-refractivity contribution in [3.05, 3.63) is 112 Å². The van der Waals surface area contributed by atoms with Crippen LogP contribution in [0.25, 0.3) is 10.8 Å². The van der Waals surface area contributed by atoms with E-state index >= 15 is 0 Å². The van der Waals surface area contributed by atoms with E-state index in [2.05, 4.69) is 36.8 Å². The fraction of sp³-hybridized carbons (Fsp3) is 0.219. The maximum absolute atomic E-state index is 13.5. The number of benzene rings is 4. The SMILES string of the molecule is CN(C)CCCNC(=O)[C@H](Cc1ccccc1)NC(=O)c1ccc(Br)cc1NC(=O)c1ccc2ccccc2c1. The van der Waals surface area contributed by atoms with E-state index in [9.17, 15) is 14.4 Å². The van der Waals surface area contributed by atoms with Crippen LogP contribution < -0.4 is 16.0 Å². The van der Waals surface area contributed by atoms with Crippen LogP contribution in [0.3, 0.4) is 0 Å². The number of nitrogens with one attached hydrogen (secondary N) is 3. The van der Waals surface area contributed by atoms with Crippen molar-refractivity contribution in [2.24, 2.45) is 0 Å². The molecule has 0 radical (unpaired) electrons. The maximum atomic E-state index is 13.5. The van der Waals surface area contributed by atoms with Crippen LogP contribution in [0.2, 0.25) is 0 Å². The molecule has 0 saturated carbocycles. The van der Waals surface area contributed by atoms with Gasteiger partial charge >= 0.3 is 0 Å². The number of hydrogen-bond acceptors (Lipinski definition) is 4. The highest BCUT2D eigenvalue weighted by atomic mass is 79.9. The molecular formula is C32H33BrN4O3. The molecule has 0 aliphatic rings. The zero-order valence-corrected chi connectivity index (χ0v) is 24.2. The van der Waals surface area contributed by atoms with Crippen LogP contribution >= 0.6 is 15.9 Å². The Labute approximate surface area is 243 Å². The number of anilines is 1. The third-order valence-electron chi connectivity index (χ3n) is 6.47. The van der Waals surface area contributed by atoms with E-state index in [4.69, 9.17) is 0 Å². The molecule has 0 bridgehead atoms. The van der Waals surface area contributed by atoms with Crippen LogP contribution in [0.5, 0.6) is 0 Å². The number of halogens is 1. The number of fused-ring (bicyclic) bond motifs is 1. The van der Waals surface area contributed by atoms with Crippen molar-refractivity contribution >= 4 is 50.1 Å². The van der Waals surface area contributed by atoms with Crippen LogP contribution in [0.4, 0.5) is 5.69 Å². The third-order valence-corrected chi connectivity index (χ3v) is 6.97. The Morgan fingerprint density at radius 1 is 0.825 bits per heavy atom. The van der Waals surface area contributed by atoms with Crippen LogP contribution in [0, 0.1) is 0 Å². The van der Waals surface area contributed by atoms with E-state index in [1.807, 2.05) is 80.8 Å². The topological polar surface area (TPSA) is 90.5 Å². The molecular weight excluding hydrogens is 568 g/mol. The number of carbonyl (C=O) groups excluding carboxylic acids is 3. The average Bonchev–Trinajstić information content (AvgIpc) is 2.95. The van der Waals surface area contributed by atoms with Crippen LogP contribution in [0.15, 0.2) is 95.5 Å². The molecule has 3 amide bonds. The molecule has 0 saturated heterocycles. The fourth-order valence-electron chi connectivity index (χ4n) is 4.37. The van der Waals surface area contributed by atoms with Crippen molar-refractivity contribution in [3.8, 4) is 0 Å². The van der Waals surface area contributed by atoms with Gasteiger partial charge in [-0.3, -0.25) is 14.4 Å². The second-order valence-corrected chi connectivity index (χ2v) is 10.8. The zero-order chi connectivity index (χ0) is 28.5. The summed E-state index contributed by atoms with van der Waals surface area (Å²) in [6, 6.07) is 27.1. The fourth-order valence-corrected chi connectivity index (χ4v) is 4.73. The molecule has 8 heteroatoms. The molecule has 0 aliphatic carbocycles. The molecule has 3 N–H and O–H groups in total. The summed E-state index contributed by atoms with van der Waals surface area (Å²) in [5, 5.41) is 10.7. The number of nitrogens with zero attached hydrogens (tertiary/aromatic N) is 1. The minimum Gasteiger partial charge on any atom is -0.354 e. The van der Waals surface area contributed by atoms with Crippen molar-refractivity contribution in [1.82, 2.24) is 15.5 Å². The van der Waals surface area contributed by atoms with E-state index in [1.165, 1.54) is 0 Å². The monoisotopic (exact) mass is 600 g/mol. The molecule has 4 rings (SSSR count). The highest BCUT2D eigenvalue weighted by Gasteiger charge is 2.24. The van der Waals surface area contributed by atoms with Gasteiger partial charge in [0.1, 0.15) is 6.04 Å². The number of amides is 3. The number of rotatable bonds is 11. The van der Waals surface area contributed by atoms with Gasteiger partial charge in [-0.25, -0.2) is 0 Å². The Kier molecular flexibility index (Phi) is 10.0. The third kappa shape index (κ3) is 8.00. The second-order valence-electron chi connectivity index (χ2n) is 9.87. The summed E-state index contributed by atoms with van der Waals surface area (Å²) >= 11 is 3.44. The molecule has 4 aromatic rings. The lowest BCUT2D eigenvalue weighted by molar-refractivity contribution is -0.122. The molecule has 0 spiro atoms. The highest BCUT2D eigenvalue weighted by Crippen LogP contribution is 2.24. The van der Waals surface area contributed by atoms with Gasteiger partial charge in [0.2, 0.25) is 5.91 Å². The Hall–Kier alpha value is -4.01. The lowest BCUT2D eigenvalue weighted by Gasteiger charge is -2.20. The van der Waals surface area contributed by atoms with Gasteiger partial charge < -0.3 is 20.9 Å². The average molecular weight is 602 g/mol. The first-order chi connectivity index (χ1) is 19.3. The van der Waals surface area contributed by atoms with Crippen molar-refractivity contribution in [1.29, 1.82) is 0 Å². The minimum absolute atomic E-state index is 0.255. The summed E-state index contributed by atoms with van der Waals surface area (Å²) in [7, 11) is 3.96. The summed E-state index contributed by atoms with van der Waals surface area (Å²) in [6.45, 7) is 1.35. The molecule has 0 heterocycles. The molecule has 40 heavy (non-hydrogen) atoms. The van der Waals surface area contributed by atoms with E-state index in [1.54, 1.807) is 24.3 Å². The van der Waals surface area contributed by atoms with E-state index in [-0.39, 0.29) is 17.4 Å². The highest BCUT2D eigenvalue weighted by molar-refractivity contribution is 9.10. The number of hydrogen-bond donors (Lipinski definition) is 3. The molecule has 0 fully saturated rings. The van der Waals surface area contributed by atoms with Gasteiger partial charge in [0.25, 0.3) is 11.8 Å². The molecule has 7 nitrogen and oxygen atoms in total. The van der Waals surface area contributed by atoms with E-state index in [0.717, 1.165) is 29.3 Å². The van der Waals surface area contributed by atoms with Crippen LogP contribution in [0.1, 0.15) is 32.7 Å². The maximum Gasteiger partial charge on any atom is 0.255 e. The van der Waals surface area contributed by atoms with E-state index in [0.29, 0.717) is 28.7 Å². The van der Waals surface area contributed by atoms with Crippen molar-refractivity contribution in [3.63, 3.8) is 0 Å². The smallest absolute Gasteiger partial charge is 0.255 e. The molecule has 4 aromatic carbocycles. The van der Waals surface area contributed by atoms with Crippen LogP contribution in [-0.2, 0) is 11.2 Å². The second kappa shape index (κ2) is 13.9. The minimum atomic E-state index is -0.790. The predicted octanol–water partition coefficient (Wildman–Crippen LogP) is 5.26. The summed E-state index contributed by atoms with van der Waals surface area (Å²) in [5.41, 5.74) is 2.01. The Balaban J connectivity index is 1.52. The zero-order valence-electron chi connectivity index (χ0n) is 22.6. The molecule has 0 unspecified atom stereocenters. The lowest BCUT2D eigenvalue weighted by Crippen LogP contribution is -2.48. The molecule has 206 valence electrons. The lowest BCUT2D eigenvalue weighted by atomic mass is 10.0. The summed E-state index contributed by atoms with van der Waals surface area (Å²) < 4.78 is 0.706. The predicted molar refractivity (Wildman–Crippen MR) is 164 cm³/mol. The molecule has 1 atom stereocenters. The van der Waals surface area contributed by atoms with Crippen molar-refractivity contribution in [2.75, 3.05) is 32.5 Å². The van der Waals surface area contributed by atoms with Gasteiger partial charge in [-0.15, -0.1) is 0 Å². The Morgan fingerprint density at radius 3 is 2.30 bits per heavy atom. The van der Waals surface area contributed by atoms with Crippen molar-refractivity contribution in [2.45, 2.75) is 18.9 Å². The summed E-state index contributed by atoms with van der Waals surface area (Å²) in [5.74, 6) is -1.04. The van der Waals surface area contributed by atoms with Gasteiger partial charge in [-0.2, -0.15) is 0 Å². The summed E-state index contributed by atoms with van der Waals surface area (Å²) in [4.78, 5) is 41.9. The first-order valence-corrected chi connectivity index (χ1v) is 14.0. The standard InChI is InChI=1S/C32H33BrN4O3/c1-37(2)18-8-17-34-32(40)29(19-22-9-4-3-5-10-22)36-31(39)27-16-15-26(33)21-28(27)35-30(38)25-14-13-23-11-6-7-12-24(23)20-25/h3-7,9-16,20-21,29H,8,17-19H2,1-2H3,(H,34,40)(H,35,38)(H,36,39)/t29-/m0/s1. The summed E-state index contributed by atoms with van der Waals surface area (Å²) in [6.07, 6.45) is 1.13. The van der Waals surface area contributed by atoms with Gasteiger partial charge in [0, 0.05) is 23.0 Å². The first kappa shape index (κ1) is 29.0. The molecule has 0 aliphatic heterocycles. The van der Waals surface area contributed by atoms with Gasteiger partial charge in [-0.1, -0.05) is 76.6 Å². The van der Waals surface area contributed by atoms with Gasteiger partial charge in [0.05, 0.1) is 11.3 Å². The Morgan fingerprint density at radius 2 is 1.55 bits per heavy atom. The van der Waals surface area contributed by atoms with E-state index < -0.39 is 11.9 Å². The molecule has 0 aromatic heterocycles. The Bertz CT molecular complexity index is 1490. The van der Waals surface area contributed by atoms with Crippen LogP contribution in [-0.4, -0.2) is 55.8 Å².